The zero-order valence-electron chi connectivity index (χ0n) is 9.24. The first-order valence-corrected chi connectivity index (χ1v) is 5.29. The highest BCUT2D eigenvalue weighted by molar-refractivity contribution is 6.30. The third-order valence-corrected chi connectivity index (χ3v) is 2.51. The van der Waals surface area contributed by atoms with E-state index in [4.69, 9.17) is 23.1 Å². The lowest BCUT2D eigenvalue weighted by Crippen LogP contribution is -2.10. The van der Waals surface area contributed by atoms with Gasteiger partial charge in [0.1, 0.15) is 5.69 Å². The largest absolute Gasteiger partial charge is 0.417 e. The van der Waals surface area contributed by atoms with E-state index < -0.39 is 11.7 Å². The molecule has 0 aliphatic heterocycles. The number of alkyl halides is 3. The molecule has 1 heterocycles. The van der Waals surface area contributed by atoms with Gasteiger partial charge in [-0.1, -0.05) is 11.6 Å². The number of hydrogen-bond acceptors (Lipinski definition) is 5. The van der Waals surface area contributed by atoms with Crippen LogP contribution in [-0.4, -0.2) is 15.2 Å². The minimum atomic E-state index is -4.57. The Morgan fingerprint density at radius 2 is 1.79 bits per heavy atom. The monoisotopic (exact) mass is 289 g/mol. The first-order chi connectivity index (χ1) is 8.79. The molecule has 2 aromatic rings. The summed E-state index contributed by atoms with van der Waals surface area (Å²) in [5, 5.41) is 7.05. The van der Waals surface area contributed by atoms with Crippen LogP contribution in [0.3, 0.4) is 0 Å². The van der Waals surface area contributed by atoms with E-state index in [0.29, 0.717) is 0 Å². The van der Waals surface area contributed by atoms with Gasteiger partial charge in [-0.3, -0.25) is 0 Å². The summed E-state index contributed by atoms with van der Waals surface area (Å²) < 4.78 is 38.7. The Morgan fingerprint density at radius 1 is 1.11 bits per heavy atom. The Kier molecular flexibility index (Phi) is 3.19. The third-order valence-electron chi connectivity index (χ3n) is 2.27. The van der Waals surface area contributed by atoms with E-state index in [2.05, 4.69) is 15.2 Å². The predicted octanol–water partition coefficient (Wildman–Crippen LogP) is 2.38. The molecular weight excluding hydrogens is 283 g/mol. The maximum atomic E-state index is 12.9. The molecule has 0 aliphatic rings. The van der Waals surface area contributed by atoms with E-state index in [0.717, 1.165) is 18.2 Å². The standard InChI is InChI=1S/C10H7ClF3N5/c11-4-1-2-6(10(12,13)14)5(3-4)7-8(15)17-9(16)19-18-7/h1-3H,(H4,15,16,17,19). The van der Waals surface area contributed by atoms with E-state index >= 15 is 0 Å². The van der Waals surface area contributed by atoms with Crippen LogP contribution < -0.4 is 11.5 Å². The molecule has 0 unspecified atom stereocenters. The van der Waals surface area contributed by atoms with Gasteiger partial charge in [-0.15, -0.1) is 10.2 Å². The predicted molar refractivity (Wildman–Crippen MR) is 64.1 cm³/mol. The molecule has 9 heteroatoms. The average Bonchev–Trinajstić information content (AvgIpc) is 2.27. The summed E-state index contributed by atoms with van der Waals surface area (Å²) >= 11 is 5.70. The van der Waals surface area contributed by atoms with Gasteiger partial charge in [-0.2, -0.15) is 18.2 Å². The molecule has 2 rings (SSSR count). The van der Waals surface area contributed by atoms with Gasteiger partial charge in [0.2, 0.25) is 5.95 Å². The molecule has 100 valence electrons. The van der Waals surface area contributed by atoms with Crippen molar-refractivity contribution in [2.75, 3.05) is 11.5 Å². The van der Waals surface area contributed by atoms with Crippen LogP contribution in [-0.2, 0) is 6.18 Å². The lowest BCUT2D eigenvalue weighted by atomic mass is 10.0. The van der Waals surface area contributed by atoms with Crippen molar-refractivity contribution in [1.29, 1.82) is 0 Å². The molecule has 0 atom stereocenters. The highest BCUT2D eigenvalue weighted by Crippen LogP contribution is 2.38. The molecule has 0 spiro atoms. The molecule has 0 radical (unpaired) electrons. The molecule has 1 aromatic carbocycles. The molecule has 0 saturated carbocycles. The average molecular weight is 290 g/mol. The van der Waals surface area contributed by atoms with E-state index in [1.165, 1.54) is 0 Å². The molecule has 0 fully saturated rings. The van der Waals surface area contributed by atoms with Gasteiger partial charge in [0, 0.05) is 10.6 Å². The summed E-state index contributed by atoms with van der Waals surface area (Å²) in [5.41, 5.74) is 9.32. The smallest absolute Gasteiger partial charge is 0.382 e. The number of nitrogens with zero attached hydrogens (tertiary/aromatic N) is 3. The zero-order valence-corrected chi connectivity index (χ0v) is 10.00. The normalized spacial score (nSPS) is 11.6. The van der Waals surface area contributed by atoms with Crippen molar-refractivity contribution in [3.8, 4) is 11.3 Å². The second-order valence-corrected chi connectivity index (χ2v) is 4.03. The van der Waals surface area contributed by atoms with Crippen LogP contribution in [0.2, 0.25) is 5.02 Å². The Morgan fingerprint density at radius 3 is 2.37 bits per heavy atom. The number of anilines is 2. The molecule has 4 N–H and O–H groups in total. The number of hydrogen-bond donors (Lipinski definition) is 2. The van der Waals surface area contributed by atoms with Crippen molar-refractivity contribution in [3.63, 3.8) is 0 Å². The highest BCUT2D eigenvalue weighted by atomic mass is 35.5. The number of rotatable bonds is 1. The van der Waals surface area contributed by atoms with E-state index in [1.807, 2.05) is 0 Å². The summed E-state index contributed by atoms with van der Waals surface area (Å²) in [4.78, 5) is 3.57. The van der Waals surface area contributed by atoms with Crippen LogP contribution >= 0.6 is 11.6 Å². The summed E-state index contributed by atoms with van der Waals surface area (Å²) in [6, 6.07) is 3.07. The summed E-state index contributed by atoms with van der Waals surface area (Å²) in [6.07, 6.45) is -4.57. The Labute approximate surface area is 110 Å². The van der Waals surface area contributed by atoms with Gasteiger partial charge in [0.05, 0.1) is 5.56 Å². The molecule has 19 heavy (non-hydrogen) atoms. The number of aromatic nitrogens is 3. The van der Waals surface area contributed by atoms with Crippen molar-refractivity contribution in [1.82, 2.24) is 15.2 Å². The first-order valence-electron chi connectivity index (χ1n) is 4.92. The second kappa shape index (κ2) is 4.54. The van der Waals surface area contributed by atoms with Crippen LogP contribution in [0, 0.1) is 0 Å². The zero-order chi connectivity index (χ0) is 14.2. The summed E-state index contributed by atoms with van der Waals surface area (Å²) in [7, 11) is 0. The fourth-order valence-electron chi connectivity index (χ4n) is 1.50. The Bertz CT molecular complexity index is 629. The van der Waals surface area contributed by atoms with Gasteiger partial charge in [-0.05, 0) is 18.2 Å². The minimum Gasteiger partial charge on any atom is -0.382 e. The van der Waals surface area contributed by atoms with Gasteiger partial charge in [0.25, 0.3) is 0 Å². The molecule has 1 aromatic heterocycles. The molecule has 0 amide bonds. The first kappa shape index (κ1) is 13.3. The lowest BCUT2D eigenvalue weighted by Gasteiger charge is -2.13. The molecule has 0 aliphatic carbocycles. The second-order valence-electron chi connectivity index (χ2n) is 3.59. The number of halogens is 4. The van der Waals surface area contributed by atoms with Crippen LogP contribution in [0.15, 0.2) is 18.2 Å². The van der Waals surface area contributed by atoms with Crippen LogP contribution in [0.4, 0.5) is 24.9 Å². The fourth-order valence-corrected chi connectivity index (χ4v) is 1.67. The minimum absolute atomic E-state index is 0.112. The van der Waals surface area contributed by atoms with Gasteiger partial charge in [0.15, 0.2) is 5.82 Å². The van der Waals surface area contributed by atoms with E-state index in [9.17, 15) is 13.2 Å². The van der Waals surface area contributed by atoms with Crippen LogP contribution in [0.25, 0.3) is 11.3 Å². The Balaban J connectivity index is 2.70. The third kappa shape index (κ3) is 2.68. The Hall–Kier alpha value is -2.09. The van der Waals surface area contributed by atoms with Gasteiger partial charge in [-0.25, -0.2) is 0 Å². The number of nitrogen functional groups attached to an aromatic ring is 2. The maximum absolute atomic E-state index is 12.9. The SMILES string of the molecule is Nc1nnc(-c2cc(Cl)ccc2C(F)(F)F)c(N)n1. The maximum Gasteiger partial charge on any atom is 0.417 e. The van der Waals surface area contributed by atoms with Crippen molar-refractivity contribution in [2.24, 2.45) is 0 Å². The van der Waals surface area contributed by atoms with Crippen molar-refractivity contribution in [3.05, 3.63) is 28.8 Å². The van der Waals surface area contributed by atoms with Crippen molar-refractivity contribution < 1.29 is 13.2 Å². The number of benzene rings is 1. The summed E-state index contributed by atoms with van der Waals surface area (Å²) in [5.74, 6) is -0.475. The van der Waals surface area contributed by atoms with Gasteiger partial charge < -0.3 is 11.5 Å². The van der Waals surface area contributed by atoms with Gasteiger partial charge >= 0.3 is 6.18 Å². The molecule has 5 nitrogen and oxygen atoms in total. The quantitative estimate of drug-likeness (QED) is 0.841. The molecular formula is C10H7ClF3N5. The topological polar surface area (TPSA) is 90.7 Å². The van der Waals surface area contributed by atoms with Crippen molar-refractivity contribution in [2.45, 2.75) is 6.18 Å². The highest BCUT2D eigenvalue weighted by Gasteiger charge is 2.34. The van der Waals surface area contributed by atoms with Crippen LogP contribution in [0.1, 0.15) is 5.56 Å². The number of nitrogens with two attached hydrogens (primary N) is 2. The molecule has 0 saturated heterocycles. The fraction of sp³-hybridized carbons (Fsp3) is 0.100. The summed E-state index contributed by atoms with van der Waals surface area (Å²) in [6.45, 7) is 0. The van der Waals surface area contributed by atoms with Crippen LogP contribution in [0.5, 0.6) is 0 Å². The van der Waals surface area contributed by atoms with E-state index in [1.54, 1.807) is 0 Å². The van der Waals surface area contributed by atoms with Crippen molar-refractivity contribution >= 4 is 23.4 Å². The molecule has 0 bridgehead atoms. The van der Waals surface area contributed by atoms with E-state index in [-0.39, 0.29) is 28.0 Å². The lowest BCUT2D eigenvalue weighted by molar-refractivity contribution is -0.137.